The molecule has 0 N–H and O–H groups in total. The summed E-state index contributed by atoms with van der Waals surface area (Å²) in [5.41, 5.74) is 2.03. The second kappa shape index (κ2) is 4.49. The number of aryl methyl sites for hydroxylation is 1. The van der Waals surface area contributed by atoms with E-state index >= 15 is 0 Å². The molecule has 0 atom stereocenters. The summed E-state index contributed by atoms with van der Waals surface area (Å²) in [5.74, 6) is 0.464. The van der Waals surface area contributed by atoms with Gasteiger partial charge in [0.2, 0.25) is 0 Å². The van der Waals surface area contributed by atoms with Gasteiger partial charge in [0.1, 0.15) is 17.0 Å². The third kappa shape index (κ3) is 2.14. The molecule has 16 heavy (non-hydrogen) atoms. The topological polar surface area (TPSA) is 43.1 Å². The summed E-state index contributed by atoms with van der Waals surface area (Å²) in [7, 11) is 0. The number of halogens is 1. The monoisotopic (exact) mass is 235 g/mol. The number of hydrogen-bond acceptors (Lipinski definition) is 3. The van der Waals surface area contributed by atoms with Crippen LogP contribution in [0.1, 0.15) is 27.4 Å². The highest BCUT2D eigenvalue weighted by atomic mass is 35.5. The van der Waals surface area contributed by atoms with Crippen LogP contribution in [0.5, 0.6) is 0 Å². The van der Waals surface area contributed by atoms with E-state index in [0.717, 1.165) is 5.56 Å². The lowest BCUT2D eigenvalue weighted by Gasteiger charge is -1.98. The maximum Gasteiger partial charge on any atom is 0.257 e. The minimum absolute atomic E-state index is 0.380. The number of carbonyl (C=O) groups excluding carboxylic acids is 1. The molecule has 3 nitrogen and oxygen atoms in total. The summed E-state index contributed by atoms with van der Waals surface area (Å²) in [6.45, 7) is 1.68. The van der Waals surface area contributed by atoms with Gasteiger partial charge in [-0.05, 0) is 24.1 Å². The normalized spacial score (nSPS) is 10.4. The van der Waals surface area contributed by atoms with Gasteiger partial charge in [0.05, 0.1) is 0 Å². The van der Waals surface area contributed by atoms with Crippen LogP contribution in [-0.4, -0.2) is 10.4 Å². The minimum Gasteiger partial charge on any atom is -0.361 e. The first-order chi connectivity index (χ1) is 7.68. The highest BCUT2D eigenvalue weighted by Gasteiger charge is 2.18. The van der Waals surface area contributed by atoms with Crippen molar-refractivity contribution < 1.29 is 9.32 Å². The first kappa shape index (κ1) is 10.9. The van der Waals surface area contributed by atoms with E-state index in [4.69, 9.17) is 16.1 Å². The Bertz CT molecular complexity index is 505. The molecule has 0 unspecified atom stereocenters. The Hall–Kier alpha value is -1.61. The summed E-state index contributed by atoms with van der Waals surface area (Å²) in [4.78, 5) is 11.2. The van der Waals surface area contributed by atoms with Crippen LogP contribution >= 0.6 is 11.6 Å². The molecule has 0 amide bonds. The van der Waals surface area contributed by atoms with E-state index in [9.17, 15) is 4.79 Å². The fourth-order valence-electron chi connectivity index (χ4n) is 1.58. The van der Waals surface area contributed by atoms with Gasteiger partial charge in [-0.2, -0.15) is 0 Å². The molecule has 0 spiro atoms. The van der Waals surface area contributed by atoms with Crippen LogP contribution in [-0.2, 0) is 6.42 Å². The Morgan fingerprint density at radius 3 is 2.69 bits per heavy atom. The van der Waals surface area contributed by atoms with Crippen molar-refractivity contribution in [2.24, 2.45) is 0 Å². The van der Waals surface area contributed by atoms with Gasteiger partial charge in [0.15, 0.2) is 0 Å². The molecule has 0 bridgehead atoms. The molecule has 1 aromatic carbocycles. The predicted molar refractivity (Wildman–Crippen MR) is 60.7 cm³/mol. The molecule has 2 aromatic rings. The van der Waals surface area contributed by atoms with E-state index in [0.29, 0.717) is 23.4 Å². The highest BCUT2D eigenvalue weighted by Crippen LogP contribution is 2.18. The zero-order valence-electron chi connectivity index (χ0n) is 8.74. The van der Waals surface area contributed by atoms with E-state index in [1.165, 1.54) is 0 Å². The average Bonchev–Trinajstić information content (AvgIpc) is 2.61. The second-order valence-electron chi connectivity index (χ2n) is 3.50. The molecule has 2 rings (SSSR count). The van der Waals surface area contributed by atoms with Gasteiger partial charge in [0.25, 0.3) is 5.24 Å². The van der Waals surface area contributed by atoms with Gasteiger partial charge in [-0.15, -0.1) is 0 Å². The molecule has 0 saturated carbocycles. The van der Waals surface area contributed by atoms with Gasteiger partial charge in [-0.25, -0.2) is 0 Å². The van der Waals surface area contributed by atoms with Crippen molar-refractivity contribution in [3.8, 4) is 0 Å². The van der Waals surface area contributed by atoms with Crippen molar-refractivity contribution in [3.05, 3.63) is 52.9 Å². The summed E-state index contributed by atoms with van der Waals surface area (Å²) in [5, 5.41) is 3.33. The lowest BCUT2D eigenvalue weighted by Crippen LogP contribution is -1.98. The largest absolute Gasteiger partial charge is 0.361 e. The third-order valence-corrected chi connectivity index (χ3v) is 2.53. The number of rotatable bonds is 3. The van der Waals surface area contributed by atoms with Crippen LogP contribution in [0, 0.1) is 6.92 Å². The van der Waals surface area contributed by atoms with Crippen molar-refractivity contribution in [2.45, 2.75) is 13.3 Å². The SMILES string of the molecule is Cc1onc(Cc2ccccc2)c1C(=O)Cl. The average molecular weight is 236 g/mol. The molecule has 1 aromatic heterocycles. The fourth-order valence-corrected chi connectivity index (χ4v) is 1.82. The van der Waals surface area contributed by atoms with Crippen molar-refractivity contribution in [3.63, 3.8) is 0 Å². The molecule has 4 heteroatoms. The Morgan fingerprint density at radius 2 is 2.06 bits per heavy atom. The van der Waals surface area contributed by atoms with E-state index < -0.39 is 5.24 Å². The Balaban J connectivity index is 2.32. The van der Waals surface area contributed by atoms with Crippen LogP contribution in [0.3, 0.4) is 0 Å². The van der Waals surface area contributed by atoms with Crippen molar-refractivity contribution in [1.29, 1.82) is 0 Å². The Morgan fingerprint density at radius 1 is 1.38 bits per heavy atom. The zero-order chi connectivity index (χ0) is 11.5. The molecule has 0 aliphatic rings. The van der Waals surface area contributed by atoms with Gasteiger partial charge < -0.3 is 4.52 Å². The summed E-state index contributed by atoms with van der Waals surface area (Å²) < 4.78 is 4.97. The first-order valence-corrected chi connectivity index (χ1v) is 5.25. The summed E-state index contributed by atoms with van der Waals surface area (Å²) in [6, 6.07) is 9.74. The maximum atomic E-state index is 11.2. The molecule has 1 heterocycles. The molecule has 0 fully saturated rings. The molecular weight excluding hydrogens is 226 g/mol. The molecule has 0 aliphatic heterocycles. The van der Waals surface area contributed by atoms with E-state index in [1.54, 1.807) is 6.92 Å². The number of carbonyl (C=O) groups is 1. The van der Waals surface area contributed by atoms with Crippen molar-refractivity contribution in [1.82, 2.24) is 5.16 Å². The molecule has 0 radical (unpaired) electrons. The third-order valence-electron chi connectivity index (χ3n) is 2.34. The fraction of sp³-hybridized carbons (Fsp3) is 0.167. The quantitative estimate of drug-likeness (QED) is 0.769. The smallest absolute Gasteiger partial charge is 0.257 e. The van der Waals surface area contributed by atoms with Crippen molar-refractivity contribution in [2.75, 3.05) is 0 Å². The van der Waals surface area contributed by atoms with Crippen molar-refractivity contribution >= 4 is 16.8 Å². The Kier molecular flexibility index (Phi) is 3.06. The molecule has 0 aliphatic carbocycles. The summed E-state index contributed by atoms with van der Waals surface area (Å²) >= 11 is 5.48. The number of nitrogens with zero attached hydrogens (tertiary/aromatic N) is 1. The van der Waals surface area contributed by atoms with Gasteiger partial charge in [0, 0.05) is 6.42 Å². The summed E-state index contributed by atoms with van der Waals surface area (Å²) in [6.07, 6.45) is 0.548. The minimum atomic E-state index is -0.523. The van der Waals surface area contributed by atoms with E-state index in [-0.39, 0.29) is 0 Å². The predicted octanol–water partition coefficient (Wildman–Crippen LogP) is 2.95. The standard InChI is InChI=1S/C12H10ClNO2/c1-8-11(12(13)15)10(14-16-8)7-9-5-3-2-4-6-9/h2-6H,7H2,1H3. The van der Waals surface area contributed by atoms with E-state index in [2.05, 4.69) is 5.16 Å². The second-order valence-corrected chi connectivity index (χ2v) is 3.84. The lowest BCUT2D eigenvalue weighted by atomic mass is 10.1. The Labute approximate surface area is 98.0 Å². The number of hydrogen-bond donors (Lipinski definition) is 0. The van der Waals surface area contributed by atoms with Crippen LogP contribution in [0.15, 0.2) is 34.9 Å². The molecular formula is C12H10ClNO2. The maximum absolute atomic E-state index is 11.2. The van der Waals surface area contributed by atoms with Gasteiger partial charge in [-0.3, -0.25) is 4.79 Å². The van der Waals surface area contributed by atoms with Crippen LogP contribution < -0.4 is 0 Å². The lowest BCUT2D eigenvalue weighted by molar-refractivity contribution is 0.107. The zero-order valence-corrected chi connectivity index (χ0v) is 9.49. The van der Waals surface area contributed by atoms with E-state index in [1.807, 2.05) is 30.3 Å². The molecule has 82 valence electrons. The van der Waals surface area contributed by atoms with Gasteiger partial charge in [-0.1, -0.05) is 35.5 Å². The highest BCUT2D eigenvalue weighted by molar-refractivity contribution is 6.68. The first-order valence-electron chi connectivity index (χ1n) is 4.87. The van der Waals surface area contributed by atoms with Crippen LogP contribution in [0.2, 0.25) is 0 Å². The van der Waals surface area contributed by atoms with Crippen LogP contribution in [0.25, 0.3) is 0 Å². The van der Waals surface area contributed by atoms with Gasteiger partial charge >= 0.3 is 0 Å². The number of aromatic nitrogens is 1. The van der Waals surface area contributed by atoms with Crippen LogP contribution in [0.4, 0.5) is 0 Å². The molecule has 0 saturated heterocycles. The number of benzene rings is 1.